The van der Waals surface area contributed by atoms with Crippen molar-refractivity contribution in [1.29, 1.82) is 0 Å². The minimum atomic E-state index is 0.229. The molecule has 0 bridgehead atoms. The molecular weight excluding hydrogens is 324 g/mol. The second kappa shape index (κ2) is 4.87. The molecule has 0 saturated carbocycles. The van der Waals surface area contributed by atoms with Crippen LogP contribution in [0.15, 0.2) is 59.1 Å². The molecular formula is C16H10BrClO. The van der Waals surface area contributed by atoms with E-state index in [0.717, 1.165) is 26.4 Å². The fourth-order valence-electron chi connectivity index (χ4n) is 2.24. The number of hydrogen-bond donors (Lipinski definition) is 1. The molecule has 0 fully saturated rings. The van der Waals surface area contributed by atoms with E-state index >= 15 is 0 Å². The predicted octanol–water partition coefficient (Wildman–Crippen LogP) is 5.63. The normalized spacial score (nSPS) is 10.8. The third kappa shape index (κ3) is 2.22. The van der Waals surface area contributed by atoms with Gasteiger partial charge in [-0.15, -0.1) is 0 Å². The zero-order valence-corrected chi connectivity index (χ0v) is 12.2. The zero-order valence-electron chi connectivity index (χ0n) is 9.90. The van der Waals surface area contributed by atoms with Crippen LogP contribution >= 0.6 is 27.5 Å². The summed E-state index contributed by atoms with van der Waals surface area (Å²) in [6.07, 6.45) is 0. The van der Waals surface area contributed by atoms with E-state index in [2.05, 4.69) is 15.9 Å². The van der Waals surface area contributed by atoms with E-state index in [-0.39, 0.29) is 5.75 Å². The number of halogens is 2. The minimum absolute atomic E-state index is 0.229. The molecule has 3 heteroatoms. The maximum Gasteiger partial charge on any atom is 0.123 e. The van der Waals surface area contributed by atoms with Crippen molar-refractivity contribution in [1.82, 2.24) is 0 Å². The monoisotopic (exact) mass is 332 g/mol. The zero-order chi connectivity index (χ0) is 13.4. The Balaban J connectivity index is 2.40. The maximum atomic E-state index is 10.1. The Morgan fingerprint density at radius 3 is 2.42 bits per heavy atom. The van der Waals surface area contributed by atoms with E-state index in [0.29, 0.717) is 5.02 Å². The van der Waals surface area contributed by atoms with E-state index in [4.69, 9.17) is 11.6 Å². The predicted molar refractivity (Wildman–Crippen MR) is 83.8 cm³/mol. The van der Waals surface area contributed by atoms with Crippen LogP contribution in [0.2, 0.25) is 5.02 Å². The Labute approximate surface area is 124 Å². The van der Waals surface area contributed by atoms with Crippen molar-refractivity contribution in [3.8, 4) is 16.9 Å². The van der Waals surface area contributed by atoms with Crippen LogP contribution in [-0.2, 0) is 0 Å². The maximum absolute atomic E-state index is 10.1. The van der Waals surface area contributed by atoms with Gasteiger partial charge in [-0.25, -0.2) is 0 Å². The van der Waals surface area contributed by atoms with Crippen LogP contribution in [-0.4, -0.2) is 5.11 Å². The van der Waals surface area contributed by atoms with Gasteiger partial charge in [0.25, 0.3) is 0 Å². The fourth-order valence-corrected chi connectivity index (χ4v) is 3.01. The third-order valence-electron chi connectivity index (χ3n) is 3.10. The highest BCUT2D eigenvalue weighted by molar-refractivity contribution is 9.10. The second-order valence-corrected chi connectivity index (χ2v) is 5.60. The van der Waals surface area contributed by atoms with Crippen LogP contribution in [0.5, 0.6) is 5.75 Å². The van der Waals surface area contributed by atoms with Crippen LogP contribution in [0.1, 0.15) is 0 Å². The van der Waals surface area contributed by atoms with Gasteiger partial charge >= 0.3 is 0 Å². The molecule has 0 heterocycles. The summed E-state index contributed by atoms with van der Waals surface area (Å²) in [6, 6.07) is 17.1. The Hall–Kier alpha value is -1.51. The number of phenols is 1. The van der Waals surface area contributed by atoms with Crippen molar-refractivity contribution in [2.75, 3.05) is 0 Å². The Morgan fingerprint density at radius 1 is 0.895 bits per heavy atom. The highest BCUT2D eigenvalue weighted by Crippen LogP contribution is 2.38. The van der Waals surface area contributed by atoms with E-state index in [9.17, 15) is 5.11 Å². The lowest BCUT2D eigenvalue weighted by Gasteiger charge is -2.10. The van der Waals surface area contributed by atoms with Gasteiger partial charge in [-0.3, -0.25) is 0 Å². The summed E-state index contributed by atoms with van der Waals surface area (Å²) in [5.41, 5.74) is 1.70. The largest absolute Gasteiger partial charge is 0.507 e. The lowest BCUT2D eigenvalue weighted by atomic mass is 9.98. The van der Waals surface area contributed by atoms with Gasteiger partial charge in [0.1, 0.15) is 5.75 Å². The van der Waals surface area contributed by atoms with Crippen molar-refractivity contribution >= 4 is 38.3 Å². The molecule has 19 heavy (non-hydrogen) atoms. The standard InChI is InChI=1S/C16H10BrClO/c17-14-6-2-4-10-3-1-5-12(16(10)14)13-9-11(18)7-8-15(13)19/h1-9,19H. The molecule has 1 N–H and O–H groups in total. The molecule has 0 aliphatic carbocycles. The van der Waals surface area contributed by atoms with Gasteiger partial charge in [-0.2, -0.15) is 0 Å². The molecule has 0 aliphatic heterocycles. The summed E-state index contributed by atoms with van der Waals surface area (Å²) in [4.78, 5) is 0. The first-order valence-corrected chi connectivity index (χ1v) is 7.00. The average molecular weight is 334 g/mol. The lowest BCUT2D eigenvalue weighted by Crippen LogP contribution is -1.84. The van der Waals surface area contributed by atoms with Crippen molar-refractivity contribution < 1.29 is 5.11 Å². The van der Waals surface area contributed by atoms with Gasteiger partial charge in [0.15, 0.2) is 0 Å². The summed E-state index contributed by atoms with van der Waals surface area (Å²) in [5, 5.41) is 12.9. The van der Waals surface area contributed by atoms with Crippen LogP contribution in [0, 0.1) is 0 Å². The molecule has 0 aromatic heterocycles. The first kappa shape index (κ1) is 12.5. The molecule has 0 radical (unpaired) electrons. The SMILES string of the molecule is Oc1ccc(Cl)cc1-c1cccc2cccc(Br)c12. The number of phenolic OH excluding ortho intramolecular Hbond substituents is 1. The summed E-state index contributed by atoms with van der Waals surface area (Å²) >= 11 is 9.61. The van der Waals surface area contributed by atoms with Crippen LogP contribution in [0.3, 0.4) is 0 Å². The molecule has 3 rings (SSSR count). The molecule has 0 aliphatic rings. The van der Waals surface area contributed by atoms with Crippen LogP contribution in [0.25, 0.3) is 21.9 Å². The van der Waals surface area contributed by atoms with Crippen molar-refractivity contribution in [3.63, 3.8) is 0 Å². The Bertz CT molecular complexity index is 763. The molecule has 0 saturated heterocycles. The highest BCUT2D eigenvalue weighted by atomic mass is 79.9. The first-order chi connectivity index (χ1) is 9.16. The highest BCUT2D eigenvalue weighted by Gasteiger charge is 2.10. The summed E-state index contributed by atoms with van der Waals surface area (Å²) in [5.74, 6) is 0.229. The fraction of sp³-hybridized carbons (Fsp3) is 0. The second-order valence-electron chi connectivity index (χ2n) is 4.30. The number of fused-ring (bicyclic) bond motifs is 1. The van der Waals surface area contributed by atoms with Gasteiger partial charge in [0.2, 0.25) is 0 Å². The third-order valence-corrected chi connectivity index (χ3v) is 4.00. The smallest absolute Gasteiger partial charge is 0.123 e. The van der Waals surface area contributed by atoms with Crippen molar-refractivity contribution in [3.05, 3.63) is 64.1 Å². The van der Waals surface area contributed by atoms with Gasteiger partial charge in [0.05, 0.1) is 0 Å². The Kier molecular flexibility index (Phi) is 3.21. The summed E-state index contributed by atoms with van der Waals surface area (Å²) in [6.45, 7) is 0. The molecule has 0 spiro atoms. The van der Waals surface area contributed by atoms with Gasteiger partial charge < -0.3 is 5.11 Å². The number of aromatic hydroxyl groups is 1. The molecule has 94 valence electrons. The summed E-state index contributed by atoms with van der Waals surface area (Å²) < 4.78 is 1.000. The molecule has 0 unspecified atom stereocenters. The average Bonchev–Trinajstić information content (AvgIpc) is 2.41. The number of benzene rings is 3. The molecule has 1 nitrogen and oxygen atoms in total. The summed E-state index contributed by atoms with van der Waals surface area (Å²) in [7, 11) is 0. The topological polar surface area (TPSA) is 20.2 Å². The van der Waals surface area contributed by atoms with E-state index in [1.807, 2.05) is 36.4 Å². The number of hydrogen-bond acceptors (Lipinski definition) is 1. The Morgan fingerprint density at radius 2 is 1.63 bits per heavy atom. The molecule has 3 aromatic rings. The number of rotatable bonds is 1. The van der Waals surface area contributed by atoms with E-state index in [1.165, 1.54) is 0 Å². The van der Waals surface area contributed by atoms with E-state index < -0.39 is 0 Å². The minimum Gasteiger partial charge on any atom is -0.507 e. The molecule has 0 amide bonds. The van der Waals surface area contributed by atoms with Crippen LogP contribution in [0.4, 0.5) is 0 Å². The van der Waals surface area contributed by atoms with E-state index in [1.54, 1.807) is 18.2 Å². The van der Waals surface area contributed by atoms with Gasteiger partial charge in [0, 0.05) is 20.4 Å². The lowest BCUT2D eigenvalue weighted by molar-refractivity contribution is 0.477. The molecule has 0 atom stereocenters. The molecule has 3 aromatic carbocycles. The van der Waals surface area contributed by atoms with Crippen LogP contribution < -0.4 is 0 Å². The van der Waals surface area contributed by atoms with Crippen molar-refractivity contribution in [2.24, 2.45) is 0 Å². The first-order valence-electron chi connectivity index (χ1n) is 5.83. The van der Waals surface area contributed by atoms with Crippen molar-refractivity contribution in [2.45, 2.75) is 0 Å². The van der Waals surface area contributed by atoms with Gasteiger partial charge in [-0.05, 0) is 35.2 Å². The van der Waals surface area contributed by atoms with Gasteiger partial charge in [-0.1, -0.05) is 57.9 Å². The quantitative estimate of drug-likeness (QED) is 0.612.